The van der Waals surface area contributed by atoms with E-state index in [0.717, 1.165) is 27.5 Å². The highest BCUT2D eigenvalue weighted by atomic mass is 32.2. The highest BCUT2D eigenvalue weighted by molar-refractivity contribution is 8.00. The van der Waals surface area contributed by atoms with Gasteiger partial charge in [-0.15, -0.1) is 11.8 Å². The van der Waals surface area contributed by atoms with Gasteiger partial charge in [0.1, 0.15) is 5.82 Å². The van der Waals surface area contributed by atoms with Gasteiger partial charge in [0.05, 0.1) is 16.9 Å². The Morgan fingerprint density at radius 1 is 1.20 bits per heavy atom. The molecule has 0 unspecified atom stereocenters. The Kier molecular flexibility index (Phi) is 6.63. The first kappa shape index (κ1) is 21.3. The van der Waals surface area contributed by atoms with Crippen LogP contribution in [0.25, 0.3) is 5.69 Å². The number of hydrogen-bond acceptors (Lipinski definition) is 5. The van der Waals surface area contributed by atoms with Crippen LogP contribution < -0.4 is 5.43 Å². The van der Waals surface area contributed by atoms with E-state index >= 15 is 0 Å². The third-order valence-electron chi connectivity index (χ3n) is 4.37. The van der Waals surface area contributed by atoms with Crippen LogP contribution in [0.1, 0.15) is 17.0 Å². The SMILES string of the molecule is Cc1cc(/C=N\NC(=O)CSc2ccc([N+](=O)[O-])cc2)c(C)n1-c1ccc(F)cc1. The lowest BCUT2D eigenvalue weighted by molar-refractivity contribution is -0.384. The minimum Gasteiger partial charge on any atom is -0.318 e. The first-order chi connectivity index (χ1) is 14.3. The van der Waals surface area contributed by atoms with Crippen molar-refractivity contribution < 1.29 is 14.1 Å². The number of carbonyl (C=O) groups excluding carboxylic acids is 1. The van der Waals surface area contributed by atoms with Crippen molar-refractivity contribution in [3.05, 3.63) is 87.5 Å². The standard InChI is InChI=1S/C21H19FN4O3S/c1-14-11-16(15(2)25(14)18-5-3-17(22)4-6-18)12-23-24-21(27)13-30-20-9-7-19(8-10-20)26(28)29/h3-12H,13H2,1-2H3,(H,24,27)/b23-12-. The number of amides is 1. The number of aromatic nitrogens is 1. The number of nitrogens with one attached hydrogen (secondary N) is 1. The van der Waals surface area contributed by atoms with Crippen LogP contribution in [0.5, 0.6) is 0 Å². The fourth-order valence-corrected chi connectivity index (χ4v) is 3.62. The summed E-state index contributed by atoms with van der Waals surface area (Å²) in [6.45, 7) is 3.86. The molecule has 0 spiro atoms. The van der Waals surface area contributed by atoms with Gasteiger partial charge in [-0.25, -0.2) is 9.82 Å². The molecule has 1 aromatic heterocycles. The summed E-state index contributed by atoms with van der Waals surface area (Å²) in [6, 6.07) is 14.1. The molecule has 2 aromatic carbocycles. The lowest BCUT2D eigenvalue weighted by Gasteiger charge is -2.09. The lowest BCUT2D eigenvalue weighted by atomic mass is 10.2. The maximum Gasteiger partial charge on any atom is 0.269 e. The van der Waals surface area contributed by atoms with Gasteiger partial charge < -0.3 is 4.57 Å². The second-order valence-corrected chi connectivity index (χ2v) is 7.52. The topological polar surface area (TPSA) is 89.5 Å². The Morgan fingerprint density at radius 3 is 2.50 bits per heavy atom. The smallest absolute Gasteiger partial charge is 0.269 e. The second-order valence-electron chi connectivity index (χ2n) is 6.47. The summed E-state index contributed by atoms with van der Waals surface area (Å²) in [6.07, 6.45) is 1.57. The zero-order valence-electron chi connectivity index (χ0n) is 16.3. The summed E-state index contributed by atoms with van der Waals surface area (Å²) < 4.78 is 15.2. The number of rotatable bonds is 7. The number of nitrogens with zero attached hydrogens (tertiary/aromatic N) is 3. The Hall–Kier alpha value is -3.46. The molecule has 1 heterocycles. The summed E-state index contributed by atoms with van der Waals surface area (Å²) in [5, 5.41) is 14.7. The van der Waals surface area contributed by atoms with E-state index in [1.54, 1.807) is 30.5 Å². The molecule has 1 N–H and O–H groups in total. The molecule has 0 aliphatic rings. The molecule has 3 rings (SSSR count). The van der Waals surface area contributed by atoms with Crippen LogP contribution >= 0.6 is 11.8 Å². The molecule has 0 aliphatic heterocycles. The van der Waals surface area contributed by atoms with E-state index in [0.29, 0.717) is 0 Å². The third-order valence-corrected chi connectivity index (χ3v) is 5.38. The predicted molar refractivity (Wildman–Crippen MR) is 115 cm³/mol. The zero-order valence-corrected chi connectivity index (χ0v) is 17.1. The lowest BCUT2D eigenvalue weighted by Crippen LogP contribution is -2.19. The van der Waals surface area contributed by atoms with Crippen molar-refractivity contribution in [1.29, 1.82) is 0 Å². The number of carbonyl (C=O) groups is 1. The van der Waals surface area contributed by atoms with Crippen molar-refractivity contribution >= 4 is 29.6 Å². The molecule has 0 aliphatic carbocycles. The Bertz CT molecular complexity index is 1090. The minimum absolute atomic E-state index is 0.00615. The molecule has 0 radical (unpaired) electrons. The van der Waals surface area contributed by atoms with Crippen LogP contribution in [-0.4, -0.2) is 27.4 Å². The number of benzene rings is 2. The Balaban J connectivity index is 1.58. The molecule has 0 saturated carbocycles. The van der Waals surface area contributed by atoms with E-state index < -0.39 is 4.92 Å². The monoisotopic (exact) mass is 426 g/mol. The fourth-order valence-electron chi connectivity index (χ4n) is 2.92. The van der Waals surface area contributed by atoms with Gasteiger partial charge in [0.2, 0.25) is 5.91 Å². The van der Waals surface area contributed by atoms with Crippen molar-refractivity contribution in [2.45, 2.75) is 18.7 Å². The summed E-state index contributed by atoms with van der Waals surface area (Å²) in [5.41, 5.74) is 6.03. The molecular formula is C21H19FN4O3S. The van der Waals surface area contributed by atoms with E-state index in [1.807, 2.05) is 24.5 Å². The van der Waals surface area contributed by atoms with Crippen LogP contribution in [0.4, 0.5) is 10.1 Å². The van der Waals surface area contributed by atoms with E-state index in [2.05, 4.69) is 10.5 Å². The largest absolute Gasteiger partial charge is 0.318 e. The quantitative estimate of drug-likeness (QED) is 0.263. The van der Waals surface area contributed by atoms with E-state index in [4.69, 9.17) is 0 Å². The highest BCUT2D eigenvalue weighted by Gasteiger charge is 2.10. The molecular weight excluding hydrogens is 407 g/mol. The van der Waals surface area contributed by atoms with E-state index in [1.165, 1.54) is 36.0 Å². The van der Waals surface area contributed by atoms with Crippen molar-refractivity contribution in [3.63, 3.8) is 0 Å². The van der Waals surface area contributed by atoms with Gasteiger partial charge in [-0.05, 0) is 56.3 Å². The average Bonchev–Trinajstić information content (AvgIpc) is 3.01. The van der Waals surface area contributed by atoms with Crippen LogP contribution in [0.2, 0.25) is 0 Å². The maximum atomic E-state index is 13.2. The number of nitro benzene ring substituents is 1. The molecule has 1 amide bonds. The Morgan fingerprint density at radius 2 is 1.87 bits per heavy atom. The summed E-state index contributed by atoms with van der Waals surface area (Å²) in [7, 11) is 0. The molecule has 9 heteroatoms. The zero-order chi connectivity index (χ0) is 21.7. The molecule has 0 atom stereocenters. The number of thioether (sulfide) groups is 1. The molecule has 0 bridgehead atoms. The number of nitro groups is 1. The van der Waals surface area contributed by atoms with Crippen LogP contribution in [0.3, 0.4) is 0 Å². The number of halogens is 1. The van der Waals surface area contributed by atoms with Crippen molar-refractivity contribution in [2.24, 2.45) is 5.10 Å². The van der Waals surface area contributed by atoms with Gasteiger partial charge >= 0.3 is 0 Å². The van der Waals surface area contributed by atoms with Crippen LogP contribution in [-0.2, 0) is 4.79 Å². The molecule has 30 heavy (non-hydrogen) atoms. The molecule has 7 nitrogen and oxygen atoms in total. The van der Waals surface area contributed by atoms with Crippen molar-refractivity contribution in [2.75, 3.05) is 5.75 Å². The van der Waals surface area contributed by atoms with Gasteiger partial charge in [-0.1, -0.05) is 0 Å². The second kappa shape index (κ2) is 9.36. The average molecular weight is 426 g/mol. The first-order valence-corrected chi connectivity index (χ1v) is 9.98. The molecule has 3 aromatic rings. The molecule has 0 fully saturated rings. The van der Waals surface area contributed by atoms with Gasteiger partial charge in [0.25, 0.3) is 5.69 Å². The third kappa shape index (κ3) is 5.12. The number of hydrogen-bond donors (Lipinski definition) is 1. The van der Waals surface area contributed by atoms with E-state index in [9.17, 15) is 19.3 Å². The maximum absolute atomic E-state index is 13.2. The number of hydrazone groups is 1. The fraction of sp³-hybridized carbons (Fsp3) is 0.143. The van der Waals surface area contributed by atoms with Gasteiger partial charge in [0.15, 0.2) is 0 Å². The van der Waals surface area contributed by atoms with Crippen LogP contribution in [0.15, 0.2) is 64.6 Å². The number of non-ortho nitro benzene ring substituents is 1. The Labute approximate surface area is 176 Å². The van der Waals surface area contributed by atoms with E-state index in [-0.39, 0.29) is 23.2 Å². The molecule has 0 saturated heterocycles. The van der Waals surface area contributed by atoms with Gasteiger partial charge in [-0.3, -0.25) is 14.9 Å². The minimum atomic E-state index is -0.469. The normalized spacial score (nSPS) is 11.0. The summed E-state index contributed by atoms with van der Waals surface area (Å²) in [5.74, 6) is -0.455. The molecule has 154 valence electrons. The van der Waals surface area contributed by atoms with Gasteiger partial charge in [-0.2, -0.15) is 5.10 Å². The highest BCUT2D eigenvalue weighted by Crippen LogP contribution is 2.21. The summed E-state index contributed by atoms with van der Waals surface area (Å²) >= 11 is 1.26. The van der Waals surface area contributed by atoms with Crippen LogP contribution in [0, 0.1) is 29.8 Å². The first-order valence-electron chi connectivity index (χ1n) is 8.99. The van der Waals surface area contributed by atoms with Crippen molar-refractivity contribution in [3.8, 4) is 5.69 Å². The summed E-state index contributed by atoms with van der Waals surface area (Å²) in [4.78, 5) is 22.9. The van der Waals surface area contributed by atoms with Gasteiger partial charge in [0, 0.05) is 39.7 Å². The number of aryl methyl sites for hydroxylation is 1. The van der Waals surface area contributed by atoms with Crippen molar-refractivity contribution in [1.82, 2.24) is 9.99 Å². The predicted octanol–water partition coefficient (Wildman–Crippen LogP) is 4.38.